The van der Waals surface area contributed by atoms with Crippen molar-refractivity contribution in [2.75, 3.05) is 0 Å². The van der Waals surface area contributed by atoms with E-state index in [4.69, 9.17) is 20.1 Å². The molecule has 1 atom stereocenters. The Hall–Kier alpha value is -1.30. The molecule has 1 aromatic heterocycles. The van der Waals surface area contributed by atoms with Crippen LogP contribution in [0.3, 0.4) is 0 Å². The van der Waals surface area contributed by atoms with Gasteiger partial charge in [0.25, 0.3) is 0 Å². The summed E-state index contributed by atoms with van der Waals surface area (Å²) in [5, 5.41) is 1.20. The van der Waals surface area contributed by atoms with Crippen LogP contribution in [0.5, 0.6) is 0 Å². The van der Waals surface area contributed by atoms with Crippen LogP contribution in [0.2, 0.25) is 0 Å². The molecule has 0 spiro atoms. The molecule has 0 saturated heterocycles. The van der Waals surface area contributed by atoms with Gasteiger partial charge in [0.1, 0.15) is 0 Å². The summed E-state index contributed by atoms with van der Waals surface area (Å²) in [5.74, 6) is 0.282. The molecule has 0 radical (unpaired) electrons. The second-order valence-electron chi connectivity index (χ2n) is 5.31. The Labute approximate surface area is 151 Å². The van der Waals surface area contributed by atoms with Gasteiger partial charge < -0.3 is 0 Å². The molecule has 0 saturated carbocycles. The topological polar surface area (TPSA) is 12.9 Å². The monoisotopic (exact) mass is 378 g/mol. The molecule has 115 valence electrons. The van der Waals surface area contributed by atoms with Gasteiger partial charge in [-0.2, -0.15) is 17.7 Å². The van der Waals surface area contributed by atoms with Crippen LogP contribution >= 0.6 is 20.1 Å². The van der Waals surface area contributed by atoms with Gasteiger partial charge in [0.2, 0.25) is 0 Å². The van der Waals surface area contributed by atoms with Gasteiger partial charge in [-0.1, -0.05) is 37.3 Å². The van der Waals surface area contributed by atoms with E-state index in [1.807, 2.05) is 12.3 Å². The summed E-state index contributed by atoms with van der Waals surface area (Å²) in [7, 11) is 9.65. The molecule has 0 aliphatic heterocycles. The number of benzene rings is 2. The maximum absolute atomic E-state index is 4.83. The fraction of sp³-hybridized carbons (Fsp3) is 0.105. The number of halogens is 2. The fourth-order valence-corrected chi connectivity index (χ4v) is 3.14. The van der Waals surface area contributed by atoms with Crippen molar-refractivity contribution in [1.82, 2.24) is 4.98 Å². The van der Waals surface area contributed by atoms with Gasteiger partial charge in [-0.3, -0.25) is 4.98 Å². The van der Waals surface area contributed by atoms with Gasteiger partial charge in [0.05, 0.1) is 5.52 Å². The molecule has 1 heterocycles. The van der Waals surface area contributed by atoms with E-state index in [0.29, 0.717) is 0 Å². The van der Waals surface area contributed by atoms with Crippen LogP contribution in [-0.4, -0.2) is 4.98 Å². The van der Waals surface area contributed by atoms with Crippen molar-refractivity contribution in [2.45, 2.75) is 12.8 Å². The zero-order valence-corrected chi connectivity index (χ0v) is 15.2. The molecule has 23 heavy (non-hydrogen) atoms. The van der Waals surface area contributed by atoms with E-state index in [2.05, 4.69) is 66.5 Å². The van der Waals surface area contributed by atoms with Crippen LogP contribution in [0.4, 0.5) is 0 Å². The first-order valence-corrected chi connectivity index (χ1v) is 10.7. The Balaban J connectivity index is 0.000000485. The standard InChI is InChI=1S/C19H14N.2ClH.Cr/c1-13-12-15-6-2-3-9-16(15)18(13)17-10-4-7-14-8-5-11-20-19(14)17;;;/h2-11,18H,1H3;2*1H;/q-1;;;+3/p-2. The molecule has 1 unspecified atom stereocenters. The molecule has 3 aromatic rings. The number of hydrogen-bond acceptors (Lipinski definition) is 1. The molecular formula is C19H14Cl2CrN. The van der Waals surface area contributed by atoms with Crippen LogP contribution in [0.15, 0.2) is 66.4 Å². The van der Waals surface area contributed by atoms with E-state index in [1.54, 1.807) is 0 Å². The number of hydrogen-bond donors (Lipinski definition) is 0. The fourth-order valence-electron chi connectivity index (χ4n) is 3.14. The van der Waals surface area contributed by atoms with Crippen molar-refractivity contribution >= 4 is 31.0 Å². The zero-order chi connectivity index (χ0) is 16.2. The van der Waals surface area contributed by atoms with Gasteiger partial charge in [0, 0.05) is 11.6 Å². The van der Waals surface area contributed by atoms with Crippen LogP contribution in [0.25, 0.3) is 10.9 Å². The number of allylic oxidation sites excluding steroid dienone is 1. The summed E-state index contributed by atoms with van der Waals surface area (Å²) in [6.07, 6.45) is 5.37. The Kier molecular flexibility index (Phi) is 5.41. The predicted octanol–water partition coefficient (Wildman–Crippen LogP) is 5.85. The Morgan fingerprint density at radius 1 is 0.957 bits per heavy atom. The number of aromatic nitrogens is 1. The van der Waals surface area contributed by atoms with Crippen LogP contribution < -0.4 is 0 Å². The number of fused-ring (bicyclic) bond motifs is 2. The third-order valence-electron chi connectivity index (χ3n) is 4.01. The first kappa shape index (κ1) is 16.6. The van der Waals surface area contributed by atoms with Crippen molar-refractivity contribution in [3.8, 4) is 0 Å². The normalized spacial score (nSPS) is 15.4. The summed E-state index contributed by atoms with van der Waals surface area (Å²) in [6, 6.07) is 19.0. The summed E-state index contributed by atoms with van der Waals surface area (Å²) in [5.41, 5.74) is 6.19. The molecule has 0 N–H and O–H groups in total. The number of nitrogens with zero attached hydrogens (tertiary/aromatic N) is 1. The Morgan fingerprint density at radius 3 is 2.48 bits per heavy atom. The molecule has 1 aliphatic carbocycles. The molecule has 1 nitrogen and oxygen atoms in total. The number of rotatable bonds is 1. The van der Waals surface area contributed by atoms with Gasteiger partial charge in [-0.05, 0) is 17.5 Å². The molecule has 4 heteroatoms. The third-order valence-corrected chi connectivity index (χ3v) is 4.01. The van der Waals surface area contributed by atoms with Crippen molar-refractivity contribution in [2.24, 2.45) is 0 Å². The van der Waals surface area contributed by atoms with Crippen LogP contribution in [0, 0.1) is 6.08 Å². The molecular weight excluding hydrogens is 365 g/mol. The second-order valence-corrected chi connectivity index (χ2v) is 7.41. The summed E-state index contributed by atoms with van der Waals surface area (Å²) < 4.78 is 0. The molecule has 0 bridgehead atoms. The van der Waals surface area contributed by atoms with Crippen molar-refractivity contribution in [1.29, 1.82) is 0 Å². The van der Waals surface area contributed by atoms with Crippen molar-refractivity contribution in [3.63, 3.8) is 0 Å². The maximum atomic E-state index is 4.83. The molecule has 4 rings (SSSR count). The minimum absolute atomic E-state index is 0.181. The molecule has 0 amide bonds. The second kappa shape index (κ2) is 7.51. The quantitative estimate of drug-likeness (QED) is 0.483. The van der Waals surface area contributed by atoms with E-state index in [1.165, 1.54) is 27.6 Å². The van der Waals surface area contributed by atoms with E-state index in [-0.39, 0.29) is 19.3 Å². The van der Waals surface area contributed by atoms with Crippen LogP contribution in [-0.2, 0) is 13.4 Å². The van der Waals surface area contributed by atoms with Crippen molar-refractivity contribution < 1.29 is 13.4 Å². The Morgan fingerprint density at radius 2 is 1.65 bits per heavy atom. The number of para-hydroxylation sites is 1. The number of pyridine rings is 1. The summed E-state index contributed by atoms with van der Waals surface area (Å²) in [6.45, 7) is 2.16. The van der Waals surface area contributed by atoms with Gasteiger partial charge in [-0.25, -0.2) is 0 Å². The SMILES string of the molecule is CC1=[C-]c2ccccc2C1c1cccc2cccnc12.[Cl][Cr+][Cl]. The van der Waals surface area contributed by atoms with Gasteiger partial charge >= 0.3 is 33.5 Å². The average Bonchev–Trinajstić information content (AvgIpc) is 2.91. The van der Waals surface area contributed by atoms with Crippen molar-refractivity contribution in [3.05, 3.63) is 89.1 Å². The van der Waals surface area contributed by atoms with E-state index < -0.39 is 0 Å². The first-order chi connectivity index (χ1) is 11.3. The third kappa shape index (κ3) is 3.32. The average molecular weight is 379 g/mol. The van der Waals surface area contributed by atoms with E-state index in [9.17, 15) is 0 Å². The minimum atomic E-state index is -0.181. The van der Waals surface area contributed by atoms with Crippen LogP contribution in [0.1, 0.15) is 29.5 Å². The van der Waals surface area contributed by atoms with E-state index in [0.717, 1.165) is 5.52 Å². The molecule has 1 aliphatic rings. The summed E-state index contributed by atoms with van der Waals surface area (Å²) in [4.78, 5) is 4.59. The van der Waals surface area contributed by atoms with Gasteiger partial charge in [0.15, 0.2) is 0 Å². The van der Waals surface area contributed by atoms with Gasteiger partial charge in [-0.15, -0.1) is 23.3 Å². The molecule has 0 fully saturated rings. The first-order valence-electron chi connectivity index (χ1n) is 7.18. The Bertz CT molecular complexity index is 855. The predicted molar refractivity (Wildman–Crippen MR) is 93.3 cm³/mol. The zero-order valence-electron chi connectivity index (χ0n) is 12.5. The summed E-state index contributed by atoms with van der Waals surface area (Å²) >= 11 is -0.181. The molecule has 2 aromatic carbocycles. The van der Waals surface area contributed by atoms with E-state index >= 15 is 0 Å².